The molecule has 0 amide bonds. The Morgan fingerprint density at radius 3 is 2.54 bits per heavy atom. The van der Waals surface area contributed by atoms with Crippen LogP contribution in [0.1, 0.15) is 24.8 Å². The van der Waals surface area contributed by atoms with Gasteiger partial charge in [0.15, 0.2) is 5.96 Å². The van der Waals surface area contributed by atoms with Crippen molar-refractivity contribution in [2.45, 2.75) is 20.0 Å². The SMILES string of the molecule is CCN(CC)S(=O)(=O)CCNC(=NC)NCC(O)c1cc2ccccc2s1.I. The molecule has 0 radical (unpaired) electrons. The van der Waals surface area contributed by atoms with Crippen LogP contribution in [0, 0.1) is 0 Å². The van der Waals surface area contributed by atoms with Crippen LogP contribution in [0.3, 0.4) is 0 Å². The molecule has 1 unspecified atom stereocenters. The second-order valence-electron chi connectivity index (χ2n) is 5.98. The molecule has 2 aromatic rings. The molecule has 1 heterocycles. The van der Waals surface area contributed by atoms with Crippen molar-refractivity contribution < 1.29 is 13.5 Å². The van der Waals surface area contributed by atoms with Crippen LogP contribution in [0.25, 0.3) is 10.1 Å². The van der Waals surface area contributed by atoms with E-state index < -0.39 is 16.1 Å². The Labute approximate surface area is 188 Å². The van der Waals surface area contributed by atoms with Crippen LogP contribution in [0.4, 0.5) is 0 Å². The lowest BCUT2D eigenvalue weighted by Gasteiger charge is -2.19. The molecule has 1 aromatic heterocycles. The zero-order valence-electron chi connectivity index (χ0n) is 16.4. The highest BCUT2D eigenvalue weighted by atomic mass is 127. The summed E-state index contributed by atoms with van der Waals surface area (Å²) in [5, 5.41) is 17.6. The zero-order valence-corrected chi connectivity index (χ0v) is 20.3. The van der Waals surface area contributed by atoms with Crippen molar-refractivity contribution in [1.82, 2.24) is 14.9 Å². The number of thiophene rings is 1. The fourth-order valence-electron chi connectivity index (χ4n) is 2.73. The Balaban J connectivity index is 0.00000392. The number of rotatable bonds is 9. The van der Waals surface area contributed by atoms with Gasteiger partial charge < -0.3 is 15.7 Å². The molecule has 28 heavy (non-hydrogen) atoms. The maximum atomic E-state index is 12.2. The zero-order chi connectivity index (χ0) is 19.9. The first-order valence-electron chi connectivity index (χ1n) is 9.00. The number of aliphatic hydroxyl groups is 1. The van der Waals surface area contributed by atoms with Gasteiger partial charge in [-0.15, -0.1) is 35.3 Å². The Morgan fingerprint density at radius 2 is 1.93 bits per heavy atom. The molecular weight excluding hydrogens is 511 g/mol. The summed E-state index contributed by atoms with van der Waals surface area (Å²) in [5.41, 5.74) is 0. The Bertz CT molecular complexity index is 834. The second-order valence-corrected chi connectivity index (χ2v) is 9.19. The number of sulfonamides is 1. The summed E-state index contributed by atoms with van der Waals surface area (Å²) < 4.78 is 26.9. The van der Waals surface area contributed by atoms with E-state index in [9.17, 15) is 13.5 Å². The standard InChI is InChI=1S/C18H28N4O3S2.HI/c1-4-22(5-2)27(24,25)11-10-20-18(19-3)21-13-15(23)17-12-14-8-6-7-9-16(14)26-17;/h6-9,12,15,23H,4-5,10-11,13H2,1-3H3,(H2,19,20,21);1H. The molecule has 7 nitrogen and oxygen atoms in total. The monoisotopic (exact) mass is 540 g/mol. The lowest BCUT2D eigenvalue weighted by molar-refractivity contribution is 0.184. The quantitative estimate of drug-likeness (QED) is 0.258. The minimum Gasteiger partial charge on any atom is -0.386 e. The predicted octanol–water partition coefficient (Wildman–Crippen LogP) is 2.39. The van der Waals surface area contributed by atoms with Gasteiger partial charge in [0.1, 0.15) is 6.10 Å². The van der Waals surface area contributed by atoms with Crippen molar-refractivity contribution in [1.29, 1.82) is 0 Å². The molecule has 0 saturated heterocycles. The molecule has 0 aliphatic rings. The smallest absolute Gasteiger partial charge is 0.215 e. The van der Waals surface area contributed by atoms with Crippen LogP contribution in [-0.2, 0) is 10.0 Å². The van der Waals surface area contributed by atoms with E-state index in [0.29, 0.717) is 19.0 Å². The van der Waals surface area contributed by atoms with E-state index >= 15 is 0 Å². The van der Waals surface area contributed by atoms with Crippen LogP contribution in [0.15, 0.2) is 35.3 Å². The van der Waals surface area contributed by atoms with Gasteiger partial charge in [-0.1, -0.05) is 32.0 Å². The lowest BCUT2D eigenvalue weighted by atomic mass is 10.2. The number of hydrogen-bond donors (Lipinski definition) is 3. The topological polar surface area (TPSA) is 94.0 Å². The Morgan fingerprint density at radius 1 is 1.25 bits per heavy atom. The van der Waals surface area contributed by atoms with Crippen LogP contribution in [0.2, 0.25) is 0 Å². The number of benzene rings is 1. The van der Waals surface area contributed by atoms with Gasteiger partial charge in [-0.25, -0.2) is 12.7 Å². The van der Waals surface area contributed by atoms with Gasteiger partial charge in [-0.3, -0.25) is 4.99 Å². The first-order chi connectivity index (χ1) is 12.9. The van der Waals surface area contributed by atoms with Gasteiger partial charge in [0.2, 0.25) is 10.0 Å². The molecule has 0 aliphatic carbocycles. The van der Waals surface area contributed by atoms with Crippen LogP contribution in [-0.4, -0.2) is 62.8 Å². The molecule has 0 fully saturated rings. The van der Waals surface area contributed by atoms with Gasteiger partial charge in [0.05, 0.1) is 5.75 Å². The maximum Gasteiger partial charge on any atom is 0.215 e. The molecule has 1 aromatic carbocycles. The van der Waals surface area contributed by atoms with Gasteiger partial charge in [0, 0.05) is 42.8 Å². The Kier molecular flexibility index (Phi) is 10.7. The summed E-state index contributed by atoms with van der Waals surface area (Å²) in [6.45, 7) is 5.11. The fraction of sp³-hybridized carbons (Fsp3) is 0.500. The summed E-state index contributed by atoms with van der Waals surface area (Å²) in [6.07, 6.45) is -0.666. The highest BCUT2D eigenvalue weighted by Crippen LogP contribution is 2.29. The molecule has 0 spiro atoms. The molecule has 0 aliphatic heterocycles. The highest BCUT2D eigenvalue weighted by molar-refractivity contribution is 14.0. The average Bonchev–Trinajstić information content (AvgIpc) is 3.09. The number of halogens is 1. The first-order valence-corrected chi connectivity index (χ1v) is 11.4. The van der Waals surface area contributed by atoms with E-state index in [1.165, 1.54) is 4.31 Å². The number of nitrogens with zero attached hydrogens (tertiary/aromatic N) is 2. The second kappa shape index (κ2) is 11.9. The summed E-state index contributed by atoms with van der Waals surface area (Å²) in [7, 11) is -1.66. The third-order valence-electron chi connectivity index (χ3n) is 4.21. The number of nitrogens with one attached hydrogen (secondary N) is 2. The Hall–Kier alpha value is -0.950. The van der Waals surface area contributed by atoms with E-state index in [2.05, 4.69) is 15.6 Å². The minimum absolute atomic E-state index is 0. The first kappa shape index (κ1) is 25.1. The van der Waals surface area contributed by atoms with Crippen LogP contribution < -0.4 is 10.6 Å². The normalized spacial score (nSPS) is 13.4. The number of hydrogen-bond acceptors (Lipinski definition) is 5. The van der Waals surface area contributed by atoms with Crippen LogP contribution >= 0.6 is 35.3 Å². The van der Waals surface area contributed by atoms with E-state index in [-0.39, 0.29) is 42.8 Å². The van der Waals surface area contributed by atoms with E-state index in [1.807, 2.05) is 44.2 Å². The molecular formula is C18H29IN4O3S2. The molecule has 1 atom stereocenters. The van der Waals surface area contributed by atoms with Crippen molar-refractivity contribution in [2.24, 2.45) is 4.99 Å². The van der Waals surface area contributed by atoms with Gasteiger partial charge >= 0.3 is 0 Å². The maximum absolute atomic E-state index is 12.2. The van der Waals surface area contributed by atoms with E-state index in [0.717, 1.165) is 15.0 Å². The van der Waals surface area contributed by atoms with Crippen molar-refractivity contribution in [3.05, 3.63) is 35.2 Å². The largest absolute Gasteiger partial charge is 0.386 e. The summed E-state index contributed by atoms with van der Waals surface area (Å²) in [6, 6.07) is 9.98. The molecule has 0 bridgehead atoms. The summed E-state index contributed by atoms with van der Waals surface area (Å²) in [5.74, 6) is 0.457. The molecule has 2 rings (SSSR count). The molecule has 0 saturated carbocycles. The molecule has 10 heteroatoms. The van der Waals surface area contributed by atoms with Crippen molar-refractivity contribution in [2.75, 3.05) is 39.0 Å². The van der Waals surface area contributed by atoms with Gasteiger partial charge in [0.25, 0.3) is 0 Å². The van der Waals surface area contributed by atoms with Gasteiger partial charge in [-0.2, -0.15) is 0 Å². The molecule has 3 N–H and O–H groups in total. The fourth-order valence-corrected chi connectivity index (χ4v) is 5.18. The lowest BCUT2D eigenvalue weighted by Crippen LogP contribution is -2.43. The molecule has 158 valence electrons. The minimum atomic E-state index is -3.28. The average molecular weight is 540 g/mol. The van der Waals surface area contributed by atoms with Crippen molar-refractivity contribution >= 4 is 61.4 Å². The van der Waals surface area contributed by atoms with E-state index in [4.69, 9.17) is 0 Å². The van der Waals surface area contributed by atoms with Gasteiger partial charge in [-0.05, 0) is 17.5 Å². The van der Waals surface area contributed by atoms with E-state index in [1.54, 1.807) is 18.4 Å². The van der Waals surface area contributed by atoms with Crippen molar-refractivity contribution in [3.63, 3.8) is 0 Å². The predicted molar refractivity (Wildman–Crippen MR) is 128 cm³/mol. The summed E-state index contributed by atoms with van der Waals surface area (Å²) in [4.78, 5) is 4.96. The van der Waals surface area contributed by atoms with Crippen molar-refractivity contribution in [3.8, 4) is 0 Å². The third kappa shape index (κ3) is 6.83. The summed E-state index contributed by atoms with van der Waals surface area (Å²) >= 11 is 1.56. The number of aliphatic hydroxyl groups excluding tert-OH is 1. The number of fused-ring (bicyclic) bond motifs is 1. The number of guanidine groups is 1. The number of aliphatic imine (C=N–C) groups is 1. The third-order valence-corrected chi connectivity index (χ3v) is 7.45. The van der Waals surface area contributed by atoms with Crippen LogP contribution in [0.5, 0.6) is 0 Å². The highest BCUT2D eigenvalue weighted by Gasteiger charge is 2.18.